The highest BCUT2D eigenvalue weighted by atomic mass is 16.5. The van der Waals surface area contributed by atoms with E-state index < -0.39 is 0 Å². The van der Waals surface area contributed by atoms with Gasteiger partial charge in [-0.1, -0.05) is 37.9 Å². The molecule has 1 heterocycles. The van der Waals surface area contributed by atoms with Gasteiger partial charge in [-0.15, -0.1) is 0 Å². The van der Waals surface area contributed by atoms with Crippen molar-refractivity contribution in [3.05, 3.63) is 23.8 Å². The van der Waals surface area contributed by atoms with Crippen LogP contribution in [0.4, 0.5) is 5.82 Å². The second-order valence-electron chi connectivity index (χ2n) is 3.57. The van der Waals surface area contributed by atoms with Crippen LogP contribution in [-0.4, -0.2) is 5.16 Å². The first-order valence-electron chi connectivity index (χ1n) is 5.30. The van der Waals surface area contributed by atoms with Crippen LogP contribution >= 0.6 is 0 Å². The monoisotopic (exact) mass is 206 g/mol. The normalized spacial score (nSPS) is 9.80. The number of hydrogen-bond acceptors (Lipinski definition) is 3. The zero-order valence-electron chi connectivity index (χ0n) is 9.58. The number of fused-ring (bicyclic) bond motifs is 1. The molecule has 0 bridgehead atoms. The minimum Gasteiger partial charge on any atom is -0.380 e. The fourth-order valence-corrected chi connectivity index (χ4v) is 1.06. The first-order chi connectivity index (χ1) is 7.19. The van der Waals surface area contributed by atoms with Gasteiger partial charge in [0.05, 0.1) is 5.39 Å². The molecule has 0 aliphatic carbocycles. The van der Waals surface area contributed by atoms with Gasteiger partial charge in [-0.3, -0.25) is 0 Å². The Labute approximate surface area is 90.2 Å². The van der Waals surface area contributed by atoms with Gasteiger partial charge in [-0.2, -0.15) is 0 Å². The van der Waals surface area contributed by atoms with Crippen molar-refractivity contribution in [2.24, 2.45) is 0 Å². The predicted molar refractivity (Wildman–Crippen MR) is 63.7 cm³/mol. The first kappa shape index (κ1) is 11.6. The van der Waals surface area contributed by atoms with E-state index >= 15 is 0 Å². The number of aryl methyl sites for hydroxylation is 1. The van der Waals surface area contributed by atoms with Crippen LogP contribution in [0, 0.1) is 6.92 Å². The Bertz CT molecular complexity index is 418. The topological polar surface area (TPSA) is 52.0 Å². The number of aromatic nitrogens is 1. The molecule has 15 heavy (non-hydrogen) atoms. The number of unbranched alkanes of at least 4 members (excludes halogenated alkanes) is 1. The maximum Gasteiger partial charge on any atom is 0.174 e. The number of rotatable bonds is 1. The van der Waals surface area contributed by atoms with Crippen molar-refractivity contribution in [2.75, 3.05) is 5.73 Å². The van der Waals surface area contributed by atoms with Gasteiger partial charge in [0.2, 0.25) is 0 Å². The molecule has 0 unspecified atom stereocenters. The van der Waals surface area contributed by atoms with E-state index in [0.29, 0.717) is 5.82 Å². The Morgan fingerprint density at radius 2 is 1.93 bits per heavy atom. The van der Waals surface area contributed by atoms with E-state index in [1.807, 2.05) is 25.1 Å². The second-order valence-corrected chi connectivity index (χ2v) is 3.57. The average molecular weight is 206 g/mol. The summed E-state index contributed by atoms with van der Waals surface area (Å²) in [6, 6.07) is 5.81. The molecule has 2 N–H and O–H groups in total. The van der Waals surface area contributed by atoms with Gasteiger partial charge >= 0.3 is 0 Å². The smallest absolute Gasteiger partial charge is 0.174 e. The molecule has 2 aromatic rings. The van der Waals surface area contributed by atoms with Crippen LogP contribution in [0.2, 0.25) is 0 Å². The number of nitrogens with two attached hydrogens (primary N) is 1. The highest BCUT2D eigenvalue weighted by Gasteiger charge is 2.02. The number of benzene rings is 1. The summed E-state index contributed by atoms with van der Waals surface area (Å²) in [5, 5.41) is 4.52. The van der Waals surface area contributed by atoms with Gasteiger partial charge in [0.1, 0.15) is 0 Å². The Kier molecular flexibility index (Phi) is 4.16. The quantitative estimate of drug-likeness (QED) is 0.776. The number of hydrogen-bond donors (Lipinski definition) is 1. The van der Waals surface area contributed by atoms with E-state index in [1.165, 1.54) is 12.8 Å². The number of nitrogens with zero attached hydrogens (tertiary/aromatic N) is 1. The van der Waals surface area contributed by atoms with Crippen molar-refractivity contribution >= 4 is 16.8 Å². The van der Waals surface area contributed by atoms with Gasteiger partial charge in [-0.05, 0) is 24.6 Å². The number of nitrogen functional groups attached to an aromatic ring is 1. The van der Waals surface area contributed by atoms with Gasteiger partial charge in [0, 0.05) is 0 Å². The summed E-state index contributed by atoms with van der Waals surface area (Å²) in [7, 11) is 0. The Balaban J connectivity index is 0.000000245. The summed E-state index contributed by atoms with van der Waals surface area (Å²) in [6.45, 7) is 6.36. The molecule has 0 amide bonds. The third-order valence-corrected chi connectivity index (χ3v) is 2.16. The van der Waals surface area contributed by atoms with Crippen LogP contribution in [0.15, 0.2) is 22.7 Å². The molecular weight excluding hydrogens is 188 g/mol. The summed E-state index contributed by atoms with van der Waals surface area (Å²) in [4.78, 5) is 0. The van der Waals surface area contributed by atoms with E-state index in [-0.39, 0.29) is 0 Å². The third kappa shape index (κ3) is 2.98. The van der Waals surface area contributed by atoms with Crippen molar-refractivity contribution in [1.29, 1.82) is 0 Å². The lowest BCUT2D eigenvalue weighted by Crippen LogP contribution is -1.82. The molecule has 3 nitrogen and oxygen atoms in total. The number of anilines is 1. The maximum atomic E-state index is 5.52. The van der Waals surface area contributed by atoms with Crippen molar-refractivity contribution in [1.82, 2.24) is 5.16 Å². The zero-order chi connectivity index (χ0) is 11.3. The molecule has 0 spiro atoms. The lowest BCUT2D eigenvalue weighted by Gasteiger charge is -1.88. The summed E-state index contributed by atoms with van der Waals surface area (Å²) in [5.74, 6) is 0.458. The van der Waals surface area contributed by atoms with E-state index in [4.69, 9.17) is 10.3 Å². The maximum absolute atomic E-state index is 5.52. The molecule has 0 atom stereocenters. The van der Waals surface area contributed by atoms with Crippen LogP contribution in [0.25, 0.3) is 11.0 Å². The average Bonchev–Trinajstić information content (AvgIpc) is 2.60. The molecule has 1 aromatic carbocycles. The fourth-order valence-electron chi connectivity index (χ4n) is 1.06. The van der Waals surface area contributed by atoms with E-state index in [1.54, 1.807) is 0 Å². The predicted octanol–water partition coefficient (Wildman–Crippen LogP) is 3.52. The van der Waals surface area contributed by atoms with E-state index in [0.717, 1.165) is 16.5 Å². The second kappa shape index (κ2) is 5.39. The molecule has 2 rings (SSSR count). The van der Waals surface area contributed by atoms with Crippen LogP contribution in [0.5, 0.6) is 0 Å². The van der Waals surface area contributed by atoms with Crippen LogP contribution in [0.3, 0.4) is 0 Å². The van der Waals surface area contributed by atoms with Gasteiger partial charge in [0.25, 0.3) is 0 Å². The summed E-state index contributed by atoms with van der Waals surface area (Å²) in [6.07, 6.45) is 2.64. The van der Waals surface area contributed by atoms with Crippen molar-refractivity contribution < 1.29 is 4.52 Å². The largest absolute Gasteiger partial charge is 0.380 e. The van der Waals surface area contributed by atoms with Gasteiger partial charge in [-0.25, -0.2) is 0 Å². The molecule has 0 saturated carbocycles. The van der Waals surface area contributed by atoms with Crippen molar-refractivity contribution in [3.63, 3.8) is 0 Å². The lowest BCUT2D eigenvalue weighted by molar-refractivity contribution is 0.460. The lowest BCUT2D eigenvalue weighted by atomic mass is 10.2. The molecule has 0 aliphatic heterocycles. The molecule has 0 fully saturated rings. The molecule has 0 aliphatic rings. The fraction of sp³-hybridized carbons (Fsp3) is 0.417. The molecule has 0 radical (unpaired) electrons. The Morgan fingerprint density at radius 1 is 1.27 bits per heavy atom. The van der Waals surface area contributed by atoms with Gasteiger partial charge in [0.15, 0.2) is 11.4 Å². The van der Waals surface area contributed by atoms with Crippen molar-refractivity contribution in [3.8, 4) is 0 Å². The molecule has 0 saturated heterocycles. The molecular formula is C12H18N2O. The molecule has 3 heteroatoms. The summed E-state index contributed by atoms with van der Waals surface area (Å²) in [5.41, 5.74) is 7.42. The minimum absolute atomic E-state index is 0.458. The highest BCUT2D eigenvalue weighted by molar-refractivity contribution is 5.87. The van der Waals surface area contributed by atoms with Crippen molar-refractivity contribution in [2.45, 2.75) is 33.6 Å². The Hall–Kier alpha value is -1.51. The van der Waals surface area contributed by atoms with Gasteiger partial charge < -0.3 is 10.3 Å². The van der Waals surface area contributed by atoms with Crippen LogP contribution in [0.1, 0.15) is 32.3 Å². The van der Waals surface area contributed by atoms with Crippen LogP contribution < -0.4 is 5.73 Å². The molecule has 82 valence electrons. The van der Waals surface area contributed by atoms with Crippen LogP contribution in [-0.2, 0) is 0 Å². The highest BCUT2D eigenvalue weighted by Crippen LogP contribution is 2.20. The SMILES string of the molecule is CCCC.Cc1ccc2c(N)noc2c1. The Morgan fingerprint density at radius 3 is 2.53 bits per heavy atom. The summed E-state index contributed by atoms with van der Waals surface area (Å²) < 4.78 is 4.95. The summed E-state index contributed by atoms with van der Waals surface area (Å²) >= 11 is 0. The first-order valence-corrected chi connectivity index (χ1v) is 5.30. The third-order valence-electron chi connectivity index (χ3n) is 2.16. The van der Waals surface area contributed by atoms with E-state index in [9.17, 15) is 0 Å². The minimum atomic E-state index is 0.458. The van der Waals surface area contributed by atoms with E-state index in [2.05, 4.69) is 19.0 Å². The molecule has 1 aromatic heterocycles. The standard InChI is InChI=1S/C8H8N2O.C4H10/c1-5-2-3-6-7(4-5)11-10-8(6)9;1-3-4-2/h2-4H,1H3,(H2,9,10);3-4H2,1-2H3. The zero-order valence-corrected chi connectivity index (χ0v) is 9.58.